The van der Waals surface area contributed by atoms with E-state index in [2.05, 4.69) is 11.0 Å². The third kappa shape index (κ3) is 2.36. The minimum atomic E-state index is -3.39. The van der Waals surface area contributed by atoms with E-state index in [4.69, 9.17) is 13.8 Å². The average molecular weight is 379 g/mol. The van der Waals surface area contributed by atoms with E-state index < -0.39 is 13.5 Å². The van der Waals surface area contributed by atoms with E-state index in [1.807, 2.05) is 26.8 Å². The summed E-state index contributed by atoms with van der Waals surface area (Å²) >= 11 is 0. The second-order valence-corrected chi connectivity index (χ2v) is 9.77. The van der Waals surface area contributed by atoms with Crippen molar-refractivity contribution in [3.63, 3.8) is 0 Å². The van der Waals surface area contributed by atoms with Crippen LogP contribution in [0.3, 0.4) is 0 Å². The van der Waals surface area contributed by atoms with Gasteiger partial charge in [-0.2, -0.15) is 0 Å². The van der Waals surface area contributed by atoms with Crippen molar-refractivity contribution in [3.05, 3.63) is 28.8 Å². The number of carbonyl (C=O) groups excluding carboxylic acids is 1. The molecular formula is C19H26NO5P. The molecule has 6 nitrogen and oxygen atoms in total. The fourth-order valence-electron chi connectivity index (χ4n) is 5.17. The molecule has 3 aliphatic rings. The Morgan fingerprint density at radius 1 is 1.46 bits per heavy atom. The summed E-state index contributed by atoms with van der Waals surface area (Å²) in [5, 5.41) is 0. The Morgan fingerprint density at radius 2 is 2.23 bits per heavy atom. The van der Waals surface area contributed by atoms with Crippen LogP contribution in [0.25, 0.3) is 0 Å². The first-order chi connectivity index (χ1) is 12.4. The highest BCUT2D eigenvalue weighted by molar-refractivity contribution is 7.60. The Hall–Kier alpha value is -1.20. The van der Waals surface area contributed by atoms with Crippen molar-refractivity contribution >= 4 is 13.9 Å². The number of nitrogens with zero attached hydrogens (tertiary/aromatic N) is 1. The van der Waals surface area contributed by atoms with Gasteiger partial charge in [-0.3, -0.25) is 9.69 Å². The van der Waals surface area contributed by atoms with E-state index in [1.165, 1.54) is 7.11 Å². The van der Waals surface area contributed by atoms with Crippen molar-refractivity contribution < 1.29 is 23.5 Å². The molecule has 0 aromatic heterocycles. The smallest absolute Gasteiger partial charge is 0.326 e. The number of esters is 1. The van der Waals surface area contributed by atoms with Gasteiger partial charge in [0.15, 0.2) is 5.75 Å². The van der Waals surface area contributed by atoms with Crippen molar-refractivity contribution in [1.29, 1.82) is 0 Å². The van der Waals surface area contributed by atoms with Crippen LogP contribution in [0.15, 0.2) is 12.1 Å². The summed E-state index contributed by atoms with van der Waals surface area (Å²) in [6.07, 6.45) is 2.10. The highest BCUT2D eigenvalue weighted by Crippen LogP contribution is 2.72. The summed E-state index contributed by atoms with van der Waals surface area (Å²) in [6.45, 7) is 6.93. The van der Waals surface area contributed by atoms with Crippen molar-refractivity contribution in [2.75, 3.05) is 20.3 Å². The van der Waals surface area contributed by atoms with Gasteiger partial charge in [-0.1, -0.05) is 17.7 Å². The minimum absolute atomic E-state index is 0.142. The quantitative estimate of drug-likeness (QED) is 0.594. The molecule has 0 saturated carbocycles. The zero-order valence-corrected chi connectivity index (χ0v) is 16.7. The molecule has 1 unspecified atom stereocenters. The predicted molar refractivity (Wildman–Crippen MR) is 96.9 cm³/mol. The van der Waals surface area contributed by atoms with E-state index in [9.17, 15) is 9.69 Å². The van der Waals surface area contributed by atoms with Gasteiger partial charge in [0, 0.05) is 18.5 Å². The second kappa shape index (κ2) is 6.16. The van der Waals surface area contributed by atoms with E-state index >= 15 is 0 Å². The van der Waals surface area contributed by atoms with E-state index in [-0.39, 0.29) is 17.7 Å². The van der Waals surface area contributed by atoms with Crippen molar-refractivity contribution in [1.82, 2.24) is 4.90 Å². The Kier molecular flexibility index (Phi) is 4.31. The van der Waals surface area contributed by atoms with Gasteiger partial charge in [0.25, 0.3) is 7.94 Å². The summed E-state index contributed by atoms with van der Waals surface area (Å²) in [6, 6.07) is 3.99. The summed E-state index contributed by atoms with van der Waals surface area (Å²) in [7, 11) is -1.96. The average Bonchev–Trinajstić information content (AvgIpc) is 3.14. The van der Waals surface area contributed by atoms with Crippen LogP contribution in [-0.4, -0.2) is 42.3 Å². The van der Waals surface area contributed by atoms with Crippen LogP contribution in [0.1, 0.15) is 48.9 Å². The van der Waals surface area contributed by atoms with Crippen molar-refractivity contribution in [2.24, 2.45) is 0 Å². The highest BCUT2D eigenvalue weighted by atomic mass is 31.2. The molecule has 0 amide bonds. The topological polar surface area (TPSA) is 71.1 Å². The predicted octanol–water partition coefficient (Wildman–Crippen LogP) is 2.68. The lowest BCUT2D eigenvalue weighted by atomic mass is 9.93. The first-order valence-electron chi connectivity index (χ1n) is 9.26. The maximum Gasteiger partial charge on any atom is 0.326 e. The van der Waals surface area contributed by atoms with Crippen molar-refractivity contribution in [3.8, 4) is 5.75 Å². The number of hydrogen-bond acceptors (Lipinski definition) is 6. The Labute approximate surface area is 155 Å². The minimum Gasteiger partial charge on any atom is -0.624 e. The van der Waals surface area contributed by atoms with Gasteiger partial charge in [0.1, 0.15) is 11.2 Å². The SMILES string of the molecule is CCO[P+]1([O-])Oc2c(C)cc(C)cc2[C@H]2[C@@H]1C[C@@]1(C(=O)OC)CCCN21. The molecule has 7 heteroatoms. The molecule has 0 radical (unpaired) electrons. The molecule has 0 bridgehead atoms. The van der Waals surface area contributed by atoms with Crippen LogP contribution >= 0.6 is 7.94 Å². The molecule has 26 heavy (non-hydrogen) atoms. The number of carbonyl (C=O) groups is 1. The number of methoxy groups -OCH3 is 1. The number of hydrogen-bond donors (Lipinski definition) is 0. The molecule has 2 saturated heterocycles. The number of rotatable bonds is 3. The zero-order chi connectivity index (χ0) is 18.7. The Balaban J connectivity index is 1.90. The molecule has 4 rings (SSSR count). The molecule has 0 N–H and O–H groups in total. The maximum absolute atomic E-state index is 13.7. The molecule has 2 fully saturated rings. The van der Waals surface area contributed by atoms with Gasteiger partial charge >= 0.3 is 5.97 Å². The molecule has 4 atom stereocenters. The van der Waals surface area contributed by atoms with Crippen LogP contribution in [-0.2, 0) is 14.1 Å². The first kappa shape index (κ1) is 18.2. The number of ether oxygens (including phenoxy) is 1. The van der Waals surface area contributed by atoms with Gasteiger partial charge in [0.05, 0.1) is 19.8 Å². The fraction of sp³-hybridized carbons (Fsp3) is 0.632. The fourth-order valence-corrected chi connectivity index (χ4v) is 7.61. The monoisotopic (exact) mass is 379 g/mol. The molecular weight excluding hydrogens is 353 g/mol. The third-order valence-electron chi connectivity index (χ3n) is 6.05. The maximum atomic E-state index is 13.7. The summed E-state index contributed by atoms with van der Waals surface area (Å²) in [5.41, 5.74) is 2.03. The van der Waals surface area contributed by atoms with Crippen LogP contribution in [0.2, 0.25) is 0 Å². The normalized spacial score (nSPS) is 35.4. The first-order valence-corrected chi connectivity index (χ1v) is 10.9. The Morgan fingerprint density at radius 3 is 2.92 bits per heavy atom. The van der Waals surface area contributed by atoms with Gasteiger partial charge in [-0.25, -0.2) is 4.52 Å². The molecule has 1 aromatic rings. The number of fused-ring (bicyclic) bond motifs is 5. The van der Waals surface area contributed by atoms with Gasteiger partial charge in [0.2, 0.25) is 0 Å². The highest BCUT2D eigenvalue weighted by Gasteiger charge is 2.68. The molecule has 1 aromatic carbocycles. The number of aryl methyl sites for hydroxylation is 2. The summed E-state index contributed by atoms with van der Waals surface area (Å²) < 4.78 is 16.9. The lowest BCUT2D eigenvalue weighted by Gasteiger charge is -2.41. The van der Waals surface area contributed by atoms with Crippen LogP contribution in [0.4, 0.5) is 0 Å². The van der Waals surface area contributed by atoms with Crippen molar-refractivity contribution in [2.45, 2.75) is 57.3 Å². The molecule has 0 spiro atoms. The van der Waals surface area contributed by atoms with Gasteiger partial charge in [-0.05, 0) is 39.2 Å². The molecule has 0 aliphatic carbocycles. The summed E-state index contributed by atoms with van der Waals surface area (Å²) in [5.74, 6) is 0.416. The van der Waals surface area contributed by atoms with E-state index in [0.29, 0.717) is 18.8 Å². The van der Waals surface area contributed by atoms with Gasteiger partial charge in [-0.15, -0.1) is 0 Å². The largest absolute Gasteiger partial charge is 0.624 e. The van der Waals surface area contributed by atoms with E-state index in [1.54, 1.807) is 0 Å². The zero-order valence-electron chi connectivity index (χ0n) is 15.8. The lowest BCUT2D eigenvalue weighted by Crippen LogP contribution is -2.47. The standard InChI is InChI=1S/C19H26NO5P/c1-5-24-26(22)15-11-19(18(21)23-4)7-6-8-20(19)16(15)14-10-12(2)9-13(3)17(14)25-26/h9-10,15-16H,5-8,11H2,1-4H3/t15-,16-,19+,26?/m0/s1. The van der Waals surface area contributed by atoms with Gasteiger partial charge < -0.3 is 14.2 Å². The second-order valence-electron chi connectivity index (χ2n) is 7.59. The molecule has 3 aliphatic heterocycles. The third-order valence-corrected chi connectivity index (χ3v) is 8.38. The molecule has 142 valence electrons. The van der Waals surface area contributed by atoms with E-state index in [0.717, 1.165) is 36.1 Å². The van der Waals surface area contributed by atoms with Crippen LogP contribution < -0.4 is 9.42 Å². The summed E-state index contributed by atoms with van der Waals surface area (Å²) in [4.78, 5) is 28.7. The van der Waals surface area contributed by atoms with Crippen LogP contribution in [0, 0.1) is 13.8 Å². The lowest BCUT2D eigenvalue weighted by molar-refractivity contribution is -0.215. The Bertz CT molecular complexity index is 756. The van der Waals surface area contributed by atoms with Crippen LogP contribution in [0.5, 0.6) is 5.75 Å². The molecule has 3 heterocycles. The number of benzene rings is 1.